The number of nitrogens with zero attached hydrogens (tertiary/aromatic N) is 6. The summed E-state index contributed by atoms with van der Waals surface area (Å²) >= 11 is 12.6. The van der Waals surface area contributed by atoms with Crippen molar-refractivity contribution in [1.82, 2.24) is 23.7 Å². The van der Waals surface area contributed by atoms with Gasteiger partial charge in [0.15, 0.2) is 5.82 Å². The molecule has 1 aromatic carbocycles. The van der Waals surface area contributed by atoms with Crippen LogP contribution in [0.4, 0.5) is 10.2 Å². The van der Waals surface area contributed by atoms with Crippen LogP contribution in [-0.4, -0.2) is 83.2 Å². The topological polar surface area (TPSA) is 74.6 Å². The maximum atomic E-state index is 14.3. The second-order valence-corrected chi connectivity index (χ2v) is 13.4. The molecule has 40 heavy (non-hydrogen) atoms. The highest BCUT2D eigenvalue weighted by Crippen LogP contribution is 2.32. The molecule has 2 saturated heterocycles. The van der Waals surface area contributed by atoms with E-state index in [-0.39, 0.29) is 5.82 Å². The maximum absolute atomic E-state index is 14.3. The number of piperazine rings is 1. The number of benzene rings is 1. The van der Waals surface area contributed by atoms with Gasteiger partial charge in [-0.25, -0.2) is 26.7 Å². The lowest BCUT2D eigenvalue weighted by molar-refractivity contribution is 0.0587. The summed E-state index contributed by atoms with van der Waals surface area (Å²) in [7, 11) is -3.49. The standard InChI is InChI=1S/C28H35Cl2FN6O2S/c1-3-4-24-19-35(28-25(30)15-21(17-33-28)27-32-9-12-37(27)40(2,38)39)13-14-36(24)23-7-10-34(11-8-23)18-20-5-6-22(29)16-26(20)31/h5-6,9,12,15-17,23-24H,3-4,7-8,10-11,13-14,18-19H2,1-2H3/t24-/m0/s1. The lowest BCUT2D eigenvalue weighted by Crippen LogP contribution is -2.58. The van der Waals surface area contributed by atoms with Gasteiger partial charge in [-0.2, -0.15) is 0 Å². The summed E-state index contributed by atoms with van der Waals surface area (Å²) in [5.74, 6) is 0.764. The minimum absolute atomic E-state index is 0.241. The molecule has 4 heterocycles. The van der Waals surface area contributed by atoms with Gasteiger partial charge in [-0.05, 0) is 50.6 Å². The van der Waals surface area contributed by atoms with E-state index in [1.54, 1.807) is 24.4 Å². The van der Waals surface area contributed by atoms with Crippen LogP contribution in [0, 0.1) is 5.82 Å². The van der Waals surface area contributed by atoms with Crippen molar-refractivity contribution in [3.8, 4) is 11.4 Å². The number of aromatic nitrogens is 3. The van der Waals surface area contributed by atoms with Crippen LogP contribution in [-0.2, 0) is 16.6 Å². The van der Waals surface area contributed by atoms with Crippen molar-refractivity contribution in [1.29, 1.82) is 0 Å². The largest absolute Gasteiger partial charge is 0.353 e. The number of halogens is 3. The van der Waals surface area contributed by atoms with Crippen molar-refractivity contribution in [2.75, 3.05) is 43.9 Å². The van der Waals surface area contributed by atoms with Gasteiger partial charge in [0.1, 0.15) is 11.6 Å². The highest BCUT2D eigenvalue weighted by atomic mass is 35.5. The Morgan fingerprint density at radius 2 is 1.85 bits per heavy atom. The third kappa shape index (κ3) is 6.46. The fraction of sp³-hybridized carbons (Fsp3) is 0.500. The molecule has 0 saturated carbocycles. The Bertz CT molecular complexity index is 1440. The van der Waals surface area contributed by atoms with Crippen molar-refractivity contribution in [3.05, 3.63) is 64.3 Å². The highest BCUT2D eigenvalue weighted by Gasteiger charge is 2.34. The number of anilines is 1. The minimum Gasteiger partial charge on any atom is -0.353 e. The summed E-state index contributed by atoms with van der Waals surface area (Å²) in [6.45, 7) is 7.23. The molecule has 5 rings (SSSR count). The molecule has 0 bridgehead atoms. The van der Waals surface area contributed by atoms with E-state index >= 15 is 0 Å². The van der Waals surface area contributed by atoms with Crippen LogP contribution in [0.2, 0.25) is 10.0 Å². The minimum atomic E-state index is -3.49. The second-order valence-electron chi connectivity index (χ2n) is 10.7. The summed E-state index contributed by atoms with van der Waals surface area (Å²) in [5.41, 5.74) is 1.24. The molecule has 8 nitrogen and oxygen atoms in total. The van der Waals surface area contributed by atoms with Crippen molar-refractivity contribution >= 4 is 39.0 Å². The van der Waals surface area contributed by atoms with Gasteiger partial charge < -0.3 is 4.90 Å². The van der Waals surface area contributed by atoms with Gasteiger partial charge in [0.2, 0.25) is 10.0 Å². The monoisotopic (exact) mass is 608 g/mol. The van der Waals surface area contributed by atoms with Crippen molar-refractivity contribution in [2.45, 2.75) is 51.2 Å². The first-order chi connectivity index (χ1) is 19.1. The van der Waals surface area contributed by atoms with Crippen molar-refractivity contribution < 1.29 is 12.8 Å². The molecule has 0 aliphatic carbocycles. The van der Waals surface area contributed by atoms with Gasteiger partial charge >= 0.3 is 0 Å². The van der Waals surface area contributed by atoms with Crippen LogP contribution < -0.4 is 4.90 Å². The summed E-state index contributed by atoms with van der Waals surface area (Å²) in [6.07, 6.45) is 9.91. The molecular weight excluding hydrogens is 574 g/mol. The van der Waals surface area contributed by atoms with E-state index in [9.17, 15) is 12.8 Å². The smallest absolute Gasteiger partial charge is 0.237 e. The fourth-order valence-corrected chi connectivity index (χ4v) is 7.17. The lowest BCUT2D eigenvalue weighted by Gasteiger charge is -2.48. The molecule has 0 unspecified atom stereocenters. The molecule has 2 fully saturated rings. The fourth-order valence-electron chi connectivity index (χ4n) is 5.98. The van der Waals surface area contributed by atoms with E-state index in [2.05, 4.69) is 31.6 Å². The molecule has 0 spiro atoms. The van der Waals surface area contributed by atoms with E-state index in [4.69, 9.17) is 23.2 Å². The number of imidazole rings is 1. The zero-order valence-corrected chi connectivity index (χ0v) is 25.1. The Morgan fingerprint density at radius 1 is 1.07 bits per heavy atom. The normalized spacial score (nSPS) is 19.8. The lowest BCUT2D eigenvalue weighted by atomic mass is 9.97. The second kappa shape index (κ2) is 12.3. The average Bonchev–Trinajstić information content (AvgIpc) is 3.42. The number of piperidine rings is 1. The Hall–Kier alpha value is -2.24. The summed E-state index contributed by atoms with van der Waals surface area (Å²) in [6, 6.07) is 7.54. The van der Waals surface area contributed by atoms with E-state index in [1.165, 1.54) is 18.5 Å². The predicted octanol–water partition coefficient (Wildman–Crippen LogP) is 5.15. The average molecular weight is 610 g/mol. The van der Waals surface area contributed by atoms with Gasteiger partial charge in [-0.1, -0.05) is 42.6 Å². The molecule has 2 aliphatic rings. The van der Waals surface area contributed by atoms with Crippen LogP contribution in [0.5, 0.6) is 0 Å². The van der Waals surface area contributed by atoms with Crippen LogP contribution in [0.1, 0.15) is 38.2 Å². The quantitative estimate of drug-likeness (QED) is 0.350. The Labute approximate surface area is 245 Å². The summed E-state index contributed by atoms with van der Waals surface area (Å²) in [5, 5.41) is 0.902. The number of hydrogen-bond donors (Lipinski definition) is 0. The van der Waals surface area contributed by atoms with Gasteiger partial charge in [-0.15, -0.1) is 0 Å². The van der Waals surface area contributed by atoms with Gasteiger partial charge in [0, 0.05) is 73.0 Å². The molecular formula is C28H35Cl2FN6O2S. The van der Waals surface area contributed by atoms with Gasteiger partial charge in [-0.3, -0.25) is 9.80 Å². The molecule has 3 aromatic rings. The third-order valence-electron chi connectivity index (χ3n) is 7.93. The molecule has 2 aromatic heterocycles. The zero-order valence-electron chi connectivity index (χ0n) is 22.8. The summed E-state index contributed by atoms with van der Waals surface area (Å²) in [4.78, 5) is 16.1. The van der Waals surface area contributed by atoms with Crippen LogP contribution >= 0.6 is 23.2 Å². The number of likely N-dealkylation sites (tertiary alicyclic amines) is 1. The van der Waals surface area contributed by atoms with E-state index in [0.29, 0.717) is 51.4 Å². The zero-order chi connectivity index (χ0) is 28.4. The van der Waals surface area contributed by atoms with Crippen LogP contribution in [0.25, 0.3) is 11.4 Å². The first kappa shape index (κ1) is 29.3. The summed E-state index contributed by atoms with van der Waals surface area (Å²) < 4.78 is 39.6. The Balaban J connectivity index is 1.23. The maximum Gasteiger partial charge on any atom is 0.237 e. The van der Waals surface area contributed by atoms with Gasteiger partial charge in [0.05, 0.1) is 11.3 Å². The highest BCUT2D eigenvalue weighted by molar-refractivity contribution is 7.89. The van der Waals surface area contributed by atoms with Gasteiger partial charge in [0.25, 0.3) is 0 Å². The Morgan fingerprint density at radius 3 is 2.52 bits per heavy atom. The SMILES string of the molecule is CCC[C@H]1CN(c2ncc(-c3nccn3S(C)(=O)=O)cc2Cl)CCN1C1CCN(Cc2ccc(Cl)cc2F)CC1. The molecule has 0 radical (unpaired) electrons. The van der Waals surface area contributed by atoms with Crippen LogP contribution in [0.15, 0.2) is 42.9 Å². The predicted molar refractivity (Wildman–Crippen MR) is 158 cm³/mol. The first-order valence-electron chi connectivity index (χ1n) is 13.7. The Kier molecular flexibility index (Phi) is 9.01. The molecule has 216 valence electrons. The molecule has 0 amide bonds. The number of rotatable bonds is 8. The van der Waals surface area contributed by atoms with E-state index in [0.717, 1.165) is 68.6 Å². The van der Waals surface area contributed by atoms with E-state index in [1.807, 2.05) is 0 Å². The van der Waals surface area contributed by atoms with Crippen molar-refractivity contribution in [3.63, 3.8) is 0 Å². The number of pyridine rings is 1. The van der Waals surface area contributed by atoms with Crippen molar-refractivity contribution in [2.24, 2.45) is 0 Å². The van der Waals surface area contributed by atoms with E-state index < -0.39 is 10.0 Å². The van der Waals surface area contributed by atoms with Crippen LogP contribution in [0.3, 0.4) is 0 Å². The first-order valence-corrected chi connectivity index (χ1v) is 16.3. The molecule has 12 heteroatoms. The molecule has 0 N–H and O–H groups in total. The third-order valence-corrected chi connectivity index (χ3v) is 9.45. The molecule has 2 aliphatic heterocycles. The number of hydrogen-bond acceptors (Lipinski definition) is 7. The molecule has 1 atom stereocenters.